The van der Waals surface area contributed by atoms with Gasteiger partial charge < -0.3 is 20.9 Å². The van der Waals surface area contributed by atoms with Crippen molar-refractivity contribution in [3.05, 3.63) is 0 Å². The molecule has 94 valence electrons. The first-order valence-corrected chi connectivity index (χ1v) is 5.92. The van der Waals surface area contributed by atoms with Crippen molar-refractivity contribution < 1.29 is 14.6 Å². The van der Waals surface area contributed by atoms with Gasteiger partial charge in [-0.25, -0.2) is 0 Å². The highest BCUT2D eigenvalue weighted by Crippen LogP contribution is 2.20. The molecule has 0 aromatic rings. The van der Waals surface area contributed by atoms with Crippen molar-refractivity contribution in [2.24, 2.45) is 5.73 Å². The first-order valence-electron chi connectivity index (χ1n) is 5.92. The summed E-state index contributed by atoms with van der Waals surface area (Å²) in [5.41, 5.74) is 5.08. The largest absolute Gasteiger partial charge is 0.389 e. The third kappa shape index (κ3) is 4.92. The Labute approximate surface area is 96.3 Å². The lowest BCUT2D eigenvalue weighted by atomic mass is 10.3. The molecular weight excluding hydrogens is 208 g/mol. The molecule has 0 spiro atoms. The highest BCUT2D eigenvalue weighted by Gasteiger charge is 2.17. The maximum absolute atomic E-state index is 10.7. The molecule has 1 aliphatic carbocycles. The van der Waals surface area contributed by atoms with Crippen molar-refractivity contribution in [2.75, 3.05) is 13.2 Å². The first-order chi connectivity index (χ1) is 7.59. The van der Waals surface area contributed by atoms with Crippen LogP contribution < -0.4 is 11.1 Å². The third-order valence-corrected chi connectivity index (χ3v) is 2.91. The topological polar surface area (TPSA) is 84.6 Å². The number of nitrogens with one attached hydrogen (secondary N) is 1. The van der Waals surface area contributed by atoms with Gasteiger partial charge in [0, 0.05) is 6.54 Å². The van der Waals surface area contributed by atoms with Crippen LogP contribution in [0.5, 0.6) is 0 Å². The molecule has 0 heterocycles. The summed E-state index contributed by atoms with van der Waals surface area (Å²) in [6.45, 7) is 2.33. The Hall–Kier alpha value is -0.650. The first kappa shape index (κ1) is 13.4. The second-order valence-corrected chi connectivity index (χ2v) is 4.43. The van der Waals surface area contributed by atoms with E-state index in [1.165, 1.54) is 12.8 Å². The van der Waals surface area contributed by atoms with Gasteiger partial charge in [-0.15, -0.1) is 0 Å². The normalized spacial score (nSPS) is 20.9. The molecule has 1 aliphatic rings. The van der Waals surface area contributed by atoms with Crippen LogP contribution in [-0.2, 0) is 9.53 Å². The number of nitrogens with two attached hydrogens (primary N) is 1. The Kier molecular flexibility index (Phi) is 5.73. The standard InChI is InChI=1S/C11H22N2O3/c1-8(11(12)15)13-6-9(14)7-16-10-4-2-3-5-10/h8-10,13-14H,2-7H2,1H3,(H2,12,15). The van der Waals surface area contributed by atoms with Gasteiger partial charge in [0.15, 0.2) is 0 Å². The predicted molar refractivity (Wildman–Crippen MR) is 60.9 cm³/mol. The molecule has 0 bridgehead atoms. The van der Waals surface area contributed by atoms with Gasteiger partial charge in [-0.2, -0.15) is 0 Å². The van der Waals surface area contributed by atoms with Gasteiger partial charge >= 0.3 is 0 Å². The zero-order chi connectivity index (χ0) is 12.0. The summed E-state index contributed by atoms with van der Waals surface area (Å²) >= 11 is 0. The second-order valence-electron chi connectivity index (χ2n) is 4.43. The minimum absolute atomic E-state index is 0.309. The van der Waals surface area contributed by atoms with Gasteiger partial charge in [0.1, 0.15) is 0 Å². The van der Waals surface area contributed by atoms with Gasteiger partial charge in [0.05, 0.1) is 24.9 Å². The molecule has 16 heavy (non-hydrogen) atoms. The molecule has 5 nitrogen and oxygen atoms in total. The van der Waals surface area contributed by atoms with Crippen LogP contribution in [0.2, 0.25) is 0 Å². The smallest absolute Gasteiger partial charge is 0.234 e. The molecule has 1 fully saturated rings. The molecule has 0 saturated heterocycles. The van der Waals surface area contributed by atoms with E-state index in [0.717, 1.165) is 12.8 Å². The van der Waals surface area contributed by atoms with Crippen LogP contribution in [0.25, 0.3) is 0 Å². The van der Waals surface area contributed by atoms with Gasteiger partial charge in [-0.1, -0.05) is 12.8 Å². The van der Waals surface area contributed by atoms with E-state index < -0.39 is 18.1 Å². The zero-order valence-electron chi connectivity index (χ0n) is 9.82. The number of amides is 1. The van der Waals surface area contributed by atoms with E-state index in [1.807, 2.05) is 0 Å². The number of hydrogen-bond donors (Lipinski definition) is 3. The van der Waals surface area contributed by atoms with Gasteiger partial charge in [0.25, 0.3) is 0 Å². The maximum Gasteiger partial charge on any atom is 0.234 e. The Morgan fingerprint density at radius 1 is 1.56 bits per heavy atom. The minimum Gasteiger partial charge on any atom is -0.389 e. The Morgan fingerprint density at radius 2 is 2.19 bits per heavy atom. The quantitative estimate of drug-likeness (QED) is 0.564. The molecule has 1 rings (SSSR count). The number of aliphatic hydroxyl groups excluding tert-OH is 1. The molecular formula is C11H22N2O3. The summed E-state index contributed by atoms with van der Waals surface area (Å²) in [4.78, 5) is 10.7. The fourth-order valence-electron chi connectivity index (χ4n) is 1.77. The summed E-state index contributed by atoms with van der Waals surface area (Å²) in [6.07, 6.45) is 4.36. The minimum atomic E-state index is -0.581. The Balaban J connectivity index is 2.05. The Bertz CT molecular complexity index is 217. The van der Waals surface area contributed by atoms with Crippen molar-refractivity contribution in [1.82, 2.24) is 5.32 Å². The zero-order valence-corrected chi connectivity index (χ0v) is 9.82. The van der Waals surface area contributed by atoms with Gasteiger partial charge in [-0.05, 0) is 19.8 Å². The van der Waals surface area contributed by atoms with Crippen molar-refractivity contribution in [3.63, 3.8) is 0 Å². The molecule has 0 radical (unpaired) electrons. The van der Waals surface area contributed by atoms with Crippen molar-refractivity contribution in [3.8, 4) is 0 Å². The van der Waals surface area contributed by atoms with E-state index >= 15 is 0 Å². The highest BCUT2D eigenvalue weighted by molar-refractivity contribution is 5.79. The number of hydrogen-bond acceptors (Lipinski definition) is 4. The molecule has 5 heteroatoms. The van der Waals surface area contributed by atoms with Crippen molar-refractivity contribution in [1.29, 1.82) is 0 Å². The molecule has 0 aliphatic heterocycles. The summed E-state index contributed by atoms with van der Waals surface area (Å²) in [5, 5.41) is 12.5. The second kappa shape index (κ2) is 6.83. The van der Waals surface area contributed by atoms with E-state index in [2.05, 4.69) is 5.32 Å². The van der Waals surface area contributed by atoms with Crippen LogP contribution in [0.1, 0.15) is 32.6 Å². The molecule has 0 aromatic carbocycles. The number of carbonyl (C=O) groups excluding carboxylic acids is 1. The van der Waals surface area contributed by atoms with E-state index in [4.69, 9.17) is 10.5 Å². The van der Waals surface area contributed by atoms with Crippen molar-refractivity contribution >= 4 is 5.91 Å². The fourth-order valence-corrected chi connectivity index (χ4v) is 1.77. The molecule has 2 atom stereocenters. The number of primary amides is 1. The third-order valence-electron chi connectivity index (χ3n) is 2.91. The molecule has 4 N–H and O–H groups in total. The van der Waals surface area contributed by atoms with E-state index in [1.54, 1.807) is 6.92 Å². The maximum atomic E-state index is 10.7. The SMILES string of the molecule is CC(NCC(O)COC1CCCC1)C(N)=O. The lowest BCUT2D eigenvalue weighted by Gasteiger charge is -2.17. The van der Waals surface area contributed by atoms with E-state index in [0.29, 0.717) is 19.3 Å². The lowest BCUT2D eigenvalue weighted by molar-refractivity contribution is -0.119. The van der Waals surface area contributed by atoms with Crippen LogP contribution in [0, 0.1) is 0 Å². The van der Waals surface area contributed by atoms with Crippen LogP contribution >= 0.6 is 0 Å². The number of aliphatic hydroxyl groups is 1. The highest BCUT2D eigenvalue weighted by atomic mass is 16.5. The fraction of sp³-hybridized carbons (Fsp3) is 0.909. The average Bonchev–Trinajstić information content (AvgIpc) is 2.75. The van der Waals surface area contributed by atoms with Crippen LogP contribution in [0.15, 0.2) is 0 Å². The summed E-state index contributed by atoms with van der Waals surface area (Å²) in [5.74, 6) is -0.413. The van der Waals surface area contributed by atoms with Crippen LogP contribution in [0.4, 0.5) is 0 Å². The molecule has 0 aromatic heterocycles. The van der Waals surface area contributed by atoms with Crippen LogP contribution in [-0.4, -0.2) is 42.4 Å². The summed E-state index contributed by atoms with van der Waals surface area (Å²) in [7, 11) is 0. The van der Waals surface area contributed by atoms with Gasteiger partial charge in [0.2, 0.25) is 5.91 Å². The Morgan fingerprint density at radius 3 is 2.75 bits per heavy atom. The lowest BCUT2D eigenvalue weighted by Crippen LogP contribution is -2.43. The van der Waals surface area contributed by atoms with E-state index in [9.17, 15) is 9.90 Å². The summed E-state index contributed by atoms with van der Waals surface area (Å²) in [6, 6.07) is -0.416. The monoisotopic (exact) mass is 230 g/mol. The number of rotatable bonds is 7. The summed E-state index contributed by atoms with van der Waals surface area (Å²) < 4.78 is 5.55. The number of ether oxygens (including phenoxy) is 1. The van der Waals surface area contributed by atoms with Crippen LogP contribution in [0.3, 0.4) is 0 Å². The van der Waals surface area contributed by atoms with E-state index in [-0.39, 0.29) is 0 Å². The predicted octanol–water partition coefficient (Wildman–Crippen LogP) is -0.230. The van der Waals surface area contributed by atoms with Crippen molar-refractivity contribution in [2.45, 2.75) is 50.9 Å². The number of carbonyl (C=O) groups is 1. The average molecular weight is 230 g/mol. The molecule has 2 unspecified atom stereocenters. The van der Waals surface area contributed by atoms with Gasteiger partial charge in [-0.3, -0.25) is 4.79 Å². The molecule has 1 saturated carbocycles. The molecule has 1 amide bonds.